The van der Waals surface area contributed by atoms with Crippen molar-refractivity contribution < 1.29 is 18.8 Å². The smallest absolute Gasteiger partial charge is 0.273 e. The fourth-order valence-corrected chi connectivity index (χ4v) is 8.99. The number of morpholine rings is 1. The van der Waals surface area contributed by atoms with Gasteiger partial charge in [0.1, 0.15) is 23.2 Å². The van der Waals surface area contributed by atoms with Crippen LogP contribution in [0.25, 0.3) is 11.3 Å². The fourth-order valence-electron chi connectivity index (χ4n) is 7.80. The summed E-state index contributed by atoms with van der Waals surface area (Å²) in [6.07, 6.45) is 2.25. The minimum absolute atomic E-state index is 0.0118. The van der Waals surface area contributed by atoms with Crippen LogP contribution in [0.5, 0.6) is 5.75 Å². The SMILES string of the molecule is Cc1c(N(C(=O)c2cc(-c3cc(Cl)cnc3C(=O)N3Cc4ccccc4CC3CN3CCOCC3)n(C)c2C)c2ccc(O[Si](C)(C)C(C)(C)C)cc2)cc(C#N)n1C. The van der Waals surface area contributed by atoms with E-state index in [0.29, 0.717) is 64.4 Å². The maximum Gasteiger partial charge on any atom is 0.273 e. The van der Waals surface area contributed by atoms with Crippen molar-refractivity contribution in [3.05, 3.63) is 117 Å². The summed E-state index contributed by atoms with van der Waals surface area (Å²) in [6, 6.07) is 23.4. The highest BCUT2D eigenvalue weighted by atomic mass is 35.5. The molecular formula is C46H54ClN7O4Si. The Morgan fingerprint density at radius 2 is 1.66 bits per heavy atom. The Morgan fingerprint density at radius 3 is 2.31 bits per heavy atom. The van der Waals surface area contributed by atoms with Gasteiger partial charge in [0.15, 0.2) is 0 Å². The zero-order valence-electron chi connectivity index (χ0n) is 35.6. The lowest BCUT2D eigenvalue weighted by molar-refractivity contribution is 0.0191. The van der Waals surface area contributed by atoms with Gasteiger partial charge in [-0.1, -0.05) is 56.6 Å². The molecule has 0 spiro atoms. The van der Waals surface area contributed by atoms with E-state index in [0.717, 1.165) is 43.1 Å². The molecule has 308 valence electrons. The minimum Gasteiger partial charge on any atom is -0.544 e. The van der Waals surface area contributed by atoms with Crippen LogP contribution in [0.15, 0.2) is 72.9 Å². The number of nitrogens with zero attached hydrogens (tertiary/aromatic N) is 7. The molecule has 13 heteroatoms. The van der Waals surface area contributed by atoms with Crippen molar-refractivity contribution in [2.75, 3.05) is 37.7 Å². The number of fused-ring (bicyclic) bond motifs is 1. The van der Waals surface area contributed by atoms with Crippen LogP contribution in [-0.2, 0) is 31.8 Å². The highest BCUT2D eigenvalue weighted by Crippen LogP contribution is 2.40. The van der Waals surface area contributed by atoms with Crippen LogP contribution in [0.4, 0.5) is 11.4 Å². The molecule has 2 aromatic carbocycles. The van der Waals surface area contributed by atoms with Crippen LogP contribution in [-0.4, -0.2) is 82.9 Å². The van der Waals surface area contributed by atoms with Gasteiger partial charge in [-0.15, -0.1) is 0 Å². The third kappa shape index (κ3) is 8.22. The number of carbonyl (C=O) groups excluding carboxylic acids is 2. The summed E-state index contributed by atoms with van der Waals surface area (Å²) in [6.45, 7) is 18.9. The third-order valence-corrected chi connectivity index (χ3v) is 17.2. The Hall–Kier alpha value is -5.19. The first-order valence-electron chi connectivity index (χ1n) is 20.2. The van der Waals surface area contributed by atoms with Crippen LogP contribution in [0.1, 0.15) is 69.8 Å². The van der Waals surface area contributed by atoms with Crippen molar-refractivity contribution >= 4 is 43.1 Å². The predicted octanol–water partition coefficient (Wildman–Crippen LogP) is 8.83. The van der Waals surface area contributed by atoms with E-state index in [-0.39, 0.29) is 28.6 Å². The van der Waals surface area contributed by atoms with Crippen molar-refractivity contribution in [2.24, 2.45) is 14.1 Å². The van der Waals surface area contributed by atoms with Gasteiger partial charge in [-0.2, -0.15) is 5.26 Å². The zero-order chi connectivity index (χ0) is 42.4. The summed E-state index contributed by atoms with van der Waals surface area (Å²) in [7, 11) is 1.58. The number of benzene rings is 2. The first-order valence-corrected chi connectivity index (χ1v) is 23.5. The summed E-state index contributed by atoms with van der Waals surface area (Å²) >= 11 is 6.65. The van der Waals surface area contributed by atoms with Crippen molar-refractivity contribution in [3.8, 4) is 23.1 Å². The standard InChI is InChI=1S/C46H54ClN7O4Si/c1-30-39(44(55)54(41-24-36(26-48)50(6)31(41)2)35-14-16-38(17-15-35)58-59(8,9)46(3,4)5)25-42(51(30)7)40-23-34(47)27-49-43(40)45(56)53-28-33-13-11-10-12-32(33)22-37(53)29-52-18-20-57-21-19-52/h10-17,23-25,27,37H,18-22,28-29H2,1-9H3. The number of halogens is 1. The van der Waals surface area contributed by atoms with E-state index in [1.54, 1.807) is 21.6 Å². The third-order valence-electron chi connectivity index (χ3n) is 12.6. The molecule has 11 nitrogen and oxygen atoms in total. The molecule has 59 heavy (non-hydrogen) atoms. The monoisotopic (exact) mass is 831 g/mol. The van der Waals surface area contributed by atoms with E-state index < -0.39 is 8.32 Å². The molecule has 5 aromatic rings. The second kappa shape index (κ2) is 16.5. The maximum absolute atomic E-state index is 15.1. The van der Waals surface area contributed by atoms with Crippen molar-refractivity contribution in [1.29, 1.82) is 5.26 Å². The number of hydrogen-bond acceptors (Lipinski definition) is 7. The molecule has 1 unspecified atom stereocenters. The number of aromatic nitrogens is 3. The number of anilines is 2. The molecule has 0 bridgehead atoms. The second-order valence-electron chi connectivity index (χ2n) is 17.3. The van der Waals surface area contributed by atoms with Crippen LogP contribution in [0, 0.1) is 25.2 Å². The molecule has 3 aromatic heterocycles. The highest BCUT2D eigenvalue weighted by Gasteiger charge is 2.39. The molecule has 5 heterocycles. The van der Waals surface area contributed by atoms with E-state index in [2.05, 4.69) is 63.0 Å². The van der Waals surface area contributed by atoms with Crippen LogP contribution >= 0.6 is 11.6 Å². The molecule has 2 aliphatic rings. The minimum atomic E-state index is -2.12. The molecule has 0 saturated carbocycles. The van der Waals surface area contributed by atoms with E-state index in [1.165, 1.54) is 11.8 Å². The molecule has 2 aliphatic heterocycles. The second-order valence-corrected chi connectivity index (χ2v) is 22.4. The van der Waals surface area contributed by atoms with E-state index in [9.17, 15) is 10.1 Å². The molecular weight excluding hydrogens is 778 g/mol. The van der Waals surface area contributed by atoms with E-state index in [1.807, 2.05) is 73.8 Å². The number of hydrogen-bond donors (Lipinski definition) is 0. The summed E-state index contributed by atoms with van der Waals surface area (Å²) in [5.41, 5.74) is 7.33. The predicted molar refractivity (Wildman–Crippen MR) is 235 cm³/mol. The van der Waals surface area contributed by atoms with Crippen molar-refractivity contribution in [3.63, 3.8) is 0 Å². The Bertz CT molecular complexity index is 2440. The summed E-state index contributed by atoms with van der Waals surface area (Å²) in [5.74, 6) is 0.256. The summed E-state index contributed by atoms with van der Waals surface area (Å²) in [4.78, 5) is 40.7. The highest BCUT2D eigenvalue weighted by molar-refractivity contribution is 6.74. The number of nitriles is 1. The Labute approximate surface area is 353 Å². The molecule has 1 atom stereocenters. The molecule has 1 fully saturated rings. The topological polar surface area (TPSA) is 109 Å². The average Bonchev–Trinajstić information content (AvgIpc) is 3.67. The number of carbonyl (C=O) groups is 2. The largest absolute Gasteiger partial charge is 0.544 e. The van der Waals surface area contributed by atoms with Crippen LogP contribution in [0.2, 0.25) is 23.2 Å². The Morgan fingerprint density at radius 1 is 0.983 bits per heavy atom. The maximum atomic E-state index is 15.1. The van der Waals surface area contributed by atoms with Crippen LogP contribution in [0.3, 0.4) is 0 Å². The van der Waals surface area contributed by atoms with Gasteiger partial charge in [0.25, 0.3) is 11.8 Å². The molecule has 0 aliphatic carbocycles. The van der Waals surface area contributed by atoms with Gasteiger partial charge in [0, 0.05) is 75.2 Å². The number of amides is 2. The van der Waals surface area contributed by atoms with E-state index in [4.69, 9.17) is 25.7 Å². The van der Waals surface area contributed by atoms with Crippen LogP contribution < -0.4 is 9.33 Å². The molecule has 1 saturated heterocycles. The molecule has 0 N–H and O–H groups in total. The molecule has 0 radical (unpaired) electrons. The number of pyridine rings is 1. The lowest BCUT2D eigenvalue weighted by Crippen LogP contribution is -2.52. The first kappa shape index (κ1) is 41.9. The lowest BCUT2D eigenvalue weighted by atomic mass is 9.92. The van der Waals surface area contributed by atoms with Gasteiger partial charge in [-0.25, -0.2) is 4.98 Å². The molecule has 7 rings (SSSR count). The Kier molecular flexibility index (Phi) is 11.7. The average molecular weight is 833 g/mol. The number of ether oxygens (including phenoxy) is 1. The fraction of sp³-hybridized carbons (Fsp3) is 0.391. The van der Waals surface area contributed by atoms with Crippen molar-refractivity contribution in [2.45, 2.75) is 71.8 Å². The first-order chi connectivity index (χ1) is 28.0. The summed E-state index contributed by atoms with van der Waals surface area (Å²) in [5, 5.41) is 10.4. The van der Waals surface area contributed by atoms with Gasteiger partial charge in [0.2, 0.25) is 8.32 Å². The normalized spacial score (nSPS) is 16.1. The van der Waals surface area contributed by atoms with Gasteiger partial charge in [0.05, 0.1) is 35.2 Å². The quantitative estimate of drug-likeness (QED) is 0.137. The number of rotatable bonds is 9. The molecule has 2 amide bonds. The van der Waals surface area contributed by atoms with Gasteiger partial charge < -0.3 is 23.2 Å². The van der Waals surface area contributed by atoms with E-state index >= 15 is 4.79 Å². The van der Waals surface area contributed by atoms with Crippen molar-refractivity contribution in [1.82, 2.24) is 23.9 Å². The summed E-state index contributed by atoms with van der Waals surface area (Å²) < 4.78 is 15.9. The zero-order valence-corrected chi connectivity index (χ0v) is 37.4. The van der Waals surface area contributed by atoms with Gasteiger partial charge in [-0.3, -0.25) is 19.4 Å². The van der Waals surface area contributed by atoms with Gasteiger partial charge in [-0.05, 0) is 92.0 Å². The Balaban J connectivity index is 1.28. The van der Waals surface area contributed by atoms with Gasteiger partial charge >= 0.3 is 0 Å². The lowest BCUT2D eigenvalue weighted by Gasteiger charge is -2.40.